The Morgan fingerprint density at radius 1 is 1.16 bits per heavy atom. The Kier molecular flexibility index (Phi) is 6.40. The van der Waals surface area contributed by atoms with Crippen LogP contribution in [0.1, 0.15) is 38.0 Å². The number of anilines is 1. The number of fused-ring (bicyclic) bond motifs is 1. The average Bonchev–Trinajstić information content (AvgIpc) is 3.19. The van der Waals surface area contributed by atoms with Crippen molar-refractivity contribution in [1.29, 1.82) is 0 Å². The smallest absolute Gasteiger partial charge is 0.390 e. The van der Waals surface area contributed by atoms with Crippen molar-refractivity contribution in [1.82, 2.24) is 20.3 Å². The lowest BCUT2D eigenvalue weighted by Gasteiger charge is -2.28. The van der Waals surface area contributed by atoms with Crippen LogP contribution in [0.25, 0.3) is 22.4 Å². The van der Waals surface area contributed by atoms with Crippen LogP contribution < -0.4 is 10.6 Å². The Morgan fingerprint density at radius 3 is 2.62 bits per heavy atom. The summed E-state index contributed by atoms with van der Waals surface area (Å²) in [5, 5.41) is 6.62. The fourth-order valence-electron chi connectivity index (χ4n) is 3.91. The molecule has 0 radical (unpaired) electrons. The maximum atomic E-state index is 12.7. The number of nitrogens with zero attached hydrogens (tertiary/aromatic N) is 3. The molecule has 170 valence electrons. The first-order valence-corrected chi connectivity index (χ1v) is 10.6. The van der Waals surface area contributed by atoms with Gasteiger partial charge in [0.05, 0.1) is 18.1 Å². The number of nitrogens with one attached hydrogen (secondary N) is 2. The summed E-state index contributed by atoms with van der Waals surface area (Å²) < 4.78 is 42.4. The molecule has 1 fully saturated rings. The van der Waals surface area contributed by atoms with Gasteiger partial charge < -0.3 is 15.1 Å². The van der Waals surface area contributed by atoms with E-state index in [9.17, 15) is 18.0 Å². The molecule has 7 nitrogen and oxygen atoms in total. The highest BCUT2D eigenvalue weighted by Crippen LogP contribution is 2.27. The molecule has 3 heterocycles. The van der Waals surface area contributed by atoms with Crippen molar-refractivity contribution in [2.24, 2.45) is 5.92 Å². The molecule has 0 saturated heterocycles. The van der Waals surface area contributed by atoms with Crippen molar-refractivity contribution in [3.05, 3.63) is 36.5 Å². The molecule has 3 aromatic heterocycles. The van der Waals surface area contributed by atoms with Gasteiger partial charge in [0.25, 0.3) is 0 Å². The van der Waals surface area contributed by atoms with Crippen molar-refractivity contribution in [3.8, 4) is 11.5 Å². The molecular formula is C22H24F3N5O2. The van der Waals surface area contributed by atoms with E-state index in [1.807, 2.05) is 12.1 Å². The quantitative estimate of drug-likeness (QED) is 0.572. The fraction of sp³-hybridized carbons (Fsp3) is 0.455. The third kappa shape index (κ3) is 5.61. The van der Waals surface area contributed by atoms with Gasteiger partial charge >= 0.3 is 6.18 Å². The molecule has 0 spiro atoms. The number of aromatic nitrogens is 3. The van der Waals surface area contributed by atoms with Crippen molar-refractivity contribution < 1.29 is 22.4 Å². The van der Waals surface area contributed by atoms with Gasteiger partial charge in [-0.25, -0.2) is 15.0 Å². The topological polar surface area (TPSA) is 92.9 Å². The second-order valence-corrected chi connectivity index (χ2v) is 8.06. The number of pyridine rings is 2. The number of rotatable bonds is 6. The summed E-state index contributed by atoms with van der Waals surface area (Å²) in [6.45, 7) is 1.67. The summed E-state index contributed by atoms with van der Waals surface area (Å²) >= 11 is 0. The van der Waals surface area contributed by atoms with Crippen molar-refractivity contribution in [3.63, 3.8) is 0 Å². The summed E-state index contributed by atoms with van der Waals surface area (Å²) in [7, 11) is 0. The highest BCUT2D eigenvalue weighted by atomic mass is 19.4. The maximum absolute atomic E-state index is 12.7. The minimum atomic E-state index is -4.15. The average molecular weight is 447 g/mol. The van der Waals surface area contributed by atoms with Crippen LogP contribution in [-0.2, 0) is 4.79 Å². The number of aryl methyl sites for hydroxylation is 1. The number of hydrogen-bond donors (Lipinski definition) is 2. The van der Waals surface area contributed by atoms with Gasteiger partial charge in [-0.05, 0) is 37.8 Å². The van der Waals surface area contributed by atoms with Gasteiger partial charge in [0.2, 0.25) is 5.91 Å². The third-order valence-electron chi connectivity index (χ3n) is 5.64. The molecule has 0 atom stereocenters. The molecule has 1 aliphatic carbocycles. The van der Waals surface area contributed by atoms with E-state index in [2.05, 4.69) is 25.6 Å². The van der Waals surface area contributed by atoms with Crippen LogP contribution in [0.2, 0.25) is 0 Å². The van der Waals surface area contributed by atoms with Crippen molar-refractivity contribution in [2.75, 3.05) is 11.9 Å². The van der Waals surface area contributed by atoms with Crippen LogP contribution in [0.15, 0.2) is 35.0 Å². The number of carbonyl (C=O) groups is 1. The minimum Gasteiger partial charge on any atom is -0.439 e. The number of halogens is 3. The summed E-state index contributed by atoms with van der Waals surface area (Å²) in [6.07, 6.45) is 0.849. The van der Waals surface area contributed by atoms with Gasteiger partial charge in [0.1, 0.15) is 11.5 Å². The predicted octanol–water partition coefficient (Wildman–Crippen LogP) is 4.63. The molecule has 10 heteroatoms. The molecule has 3 aromatic rings. The lowest BCUT2D eigenvalue weighted by molar-refractivity contribution is -0.133. The standard InChI is InChI=1S/C22H24F3N5O2/c1-13-27-12-19(32-13)17-7-4-15-11-28-20(10-18(15)29-17)30-21(31)14-2-5-16(6-3-14)26-9-8-22(23,24)25/h4,7,10-12,14,16,26H,2-3,5-6,8-9H2,1H3,(H,28,30,31). The van der Waals surface area contributed by atoms with Gasteiger partial charge in [-0.1, -0.05) is 0 Å². The Balaban J connectivity index is 1.34. The highest BCUT2D eigenvalue weighted by Gasteiger charge is 2.29. The van der Waals surface area contributed by atoms with Gasteiger partial charge in [-0.3, -0.25) is 4.79 Å². The molecule has 1 amide bonds. The zero-order valence-corrected chi connectivity index (χ0v) is 17.6. The molecule has 0 aliphatic heterocycles. The van der Waals surface area contributed by atoms with Gasteiger partial charge in [0.15, 0.2) is 11.7 Å². The molecule has 1 aliphatic rings. The first-order valence-electron chi connectivity index (χ1n) is 10.6. The zero-order valence-electron chi connectivity index (χ0n) is 17.6. The van der Waals surface area contributed by atoms with Crippen LogP contribution in [0, 0.1) is 12.8 Å². The van der Waals surface area contributed by atoms with Crippen molar-refractivity contribution in [2.45, 2.75) is 51.2 Å². The third-order valence-corrected chi connectivity index (χ3v) is 5.64. The fourth-order valence-corrected chi connectivity index (χ4v) is 3.91. The highest BCUT2D eigenvalue weighted by molar-refractivity contribution is 5.93. The molecule has 0 bridgehead atoms. The summed E-state index contributed by atoms with van der Waals surface area (Å²) in [6, 6.07) is 5.43. The Morgan fingerprint density at radius 2 is 1.94 bits per heavy atom. The molecular weight excluding hydrogens is 423 g/mol. The van der Waals surface area contributed by atoms with E-state index in [1.165, 1.54) is 0 Å². The van der Waals surface area contributed by atoms with Gasteiger partial charge in [0, 0.05) is 43.1 Å². The molecule has 0 aromatic carbocycles. The van der Waals surface area contributed by atoms with Crippen molar-refractivity contribution >= 4 is 22.6 Å². The number of amides is 1. The van der Waals surface area contributed by atoms with Crippen LogP contribution in [0.3, 0.4) is 0 Å². The largest absolute Gasteiger partial charge is 0.439 e. The lowest BCUT2D eigenvalue weighted by atomic mass is 9.85. The second-order valence-electron chi connectivity index (χ2n) is 8.06. The van der Waals surface area contributed by atoms with E-state index in [-0.39, 0.29) is 24.4 Å². The molecule has 32 heavy (non-hydrogen) atoms. The first kappa shape index (κ1) is 22.2. The number of carbonyl (C=O) groups excluding carboxylic acids is 1. The van der Waals surface area contributed by atoms with E-state index in [0.717, 1.165) is 5.39 Å². The summed E-state index contributed by atoms with van der Waals surface area (Å²) in [5.74, 6) is 1.20. The van der Waals surface area contributed by atoms with E-state index < -0.39 is 12.6 Å². The van der Waals surface area contributed by atoms with E-state index in [4.69, 9.17) is 4.42 Å². The van der Waals surface area contributed by atoms with Crippen LogP contribution in [0.4, 0.5) is 19.0 Å². The Hall–Kier alpha value is -3.01. The second kappa shape index (κ2) is 9.23. The first-order chi connectivity index (χ1) is 15.3. The van der Waals surface area contributed by atoms with E-state index in [0.29, 0.717) is 54.4 Å². The van der Waals surface area contributed by atoms with Crippen LogP contribution in [0.5, 0.6) is 0 Å². The van der Waals surface area contributed by atoms with Gasteiger partial charge in [-0.15, -0.1) is 0 Å². The predicted molar refractivity (Wildman–Crippen MR) is 113 cm³/mol. The Labute approximate surface area is 182 Å². The van der Waals surface area contributed by atoms with Crippen LogP contribution >= 0.6 is 0 Å². The summed E-state index contributed by atoms with van der Waals surface area (Å²) in [4.78, 5) is 25.6. The van der Waals surface area contributed by atoms with Crippen LogP contribution in [-0.4, -0.2) is 39.6 Å². The molecule has 2 N–H and O–H groups in total. The number of hydrogen-bond acceptors (Lipinski definition) is 6. The maximum Gasteiger partial charge on any atom is 0.390 e. The molecule has 4 rings (SSSR count). The molecule has 1 saturated carbocycles. The SMILES string of the molecule is Cc1ncc(-c2ccc3cnc(NC(=O)C4CCC(NCCC(F)(F)F)CC4)cc3n2)o1. The normalized spacial score (nSPS) is 19.2. The van der Waals surface area contributed by atoms with E-state index >= 15 is 0 Å². The lowest BCUT2D eigenvalue weighted by Crippen LogP contribution is -2.37. The minimum absolute atomic E-state index is 0.0162. The zero-order chi connectivity index (χ0) is 22.7. The summed E-state index contributed by atoms with van der Waals surface area (Å²) in [5.41, 5.74) is 1.30. The Bertz CT molecular complexity index is 1090. The van der Waals surface area contributed by atoms with Gasteiger partial charge in [-0.2, -0.15) is 13.2 Å². The number of alkyl halides is 3. The number of oxazole rings is 1. The monoisotopic (exact) mass is 447 g/mol. The van der Waals surface area contributed by atoms with E-state index in [1.54, 1.807) is 25.4 Å². The molecule has 0 unspecified atom stereocenters.